The third-order valence-electron chi connectivity index (χ3n) is 4.80. The molecule has 5 heteroatoms. The Labute approximate surface area is 135 Å². The van der Waals surface area contributed by atoms with Crippen LogP contribution in [0.2, 0.25) is 0 Å². The van der Waals surface area contributed by atoms with Crippen LogP contribution in [0.4, 0.5) is 0 Å². The number of aromatic hydroxyl groups is 1. The fourth-order valence-corrected chi connectivity index (χ4v) is 3.70. The van der Waals surface area contributed by atoms with E-state index < -0.39 is 5.97 Å². The first-order chi connectivity index (χ1) is 11.0. The van der Waals surface area contributed by atoms with Gasteiger partial charge < -0.3 is 19.2 Å². The lowest BCUT2D eigenvalue weighted by molar-refractivity contribution is -0.922. The minimum atomic E-state index is -0.421. The molecule has 1 unspecified atom stereocenters. The maximum atomic E-state index is 12.1. The van der Waals surface area contributed by atoms with Gasteiger partial charge in [-0.3, -0.25) is 0 Å². The van der Waals surface area contributed by atoms with Gasteiger partial charge in [-0.2, -0.15) is 0 Å². The zero-order chi connectivity index (χ0) is 16.6. The molecule has 0 amide bonds. The van der Waals surface area contributed by atoms with Crippen LogP contribution in [0.5, 0.6) is 5.75 Å². The summed E-state index contributed by atoms with van der Waals surface area (Å²) < 4.78 is 10.6. The first kappa shape index (κ1) is 15.9. The second kappa shape index (κ2) is 6.24. The summed E-state index contributed by atoms with van der Waals surface area (Å²) in [5.74, 6) is 1.01. The summed E-state index contributed by atoms with van der Waals surface area (Å²) in [6, 6.07) is 3.36. The van der Waals surface area contributed by atoms with Crippen LogP contribution in [0.3, 0.4) is 0 Å². The van der Waals surface area contributed by atoms with Crippen molar-refractivity contribution in [3.05, 3.63) is 29.0 Å². The average Bonchev–Trinajstić information content (AvgIpc) is 2.86. The molecule has 5 nitrogen and oxygen atoms in total. The van der Waals surface area contributed by atoms with Gasteiger partial charge in [-0.05, 0) is 31.9 Å². The highest BCUT2D eigenvalue weighted by molar-refractivity contribution is 6.06. The average molecular weight is 318 g/mol. The maximum Gasteiger partial charge on any atom is 0.342 e. The number of piperidine rings is 1. The third-order valence-corrected chi connectivity index (χ3v) is 4.80. The smallest absolute Gasteiger partial charge is 0.342 e. The molecule has 2 heterocycles. The van der Waals surface area contributed by atoms with Crippen LogP contribution in [-0.4, -0.2) is 31.3 Å². The topological polar surface area (TPSA) is 64.1 Å². The van der Waals surface area contributed by atoms with E-state index in [9.17, 15) is 9.90 Å². The molecule has 0 bridgehead atoms. The van der Waals surface area contributed by atoms with Gasteiger partial charge in [0.05, 0.1) is 25.8 Å². The van der Waals surface area contributed by atoms with Crippen LogP contribution in [-0.2, 0) is 11.3 Å². The number of carbonyl (C=O) groups excluding carboxylic acids is 1. The Hall–Kier alpha value is -2.01. The molecule has 2 N–H and O–H groups in total. The standard InChI is InChI=1S/C18H23NO4/c1-11-5-4-8-19(9-11)10-13-14(20)6-7-15-17(13)16(12(2)23-15)18(21)22-3/h6-7,11,20H,4-5,8-10H2,1-3H3/p+1/t11-/m1/s1. The summed E-state index contributed by atoms with van der Waals surface area (Å²) in [6.07, 6.45) is 2.46. The Balaban J connectivity index is 2.07. The Morgan fingerprint density at radius 3 is 2.96 bits per heavy atom. The molecular weight excluding hydrogens is 294 g/mol. The number of aryl methyl sites for hydroxylation is 1. The number of phenols is 1. The predicted molar refractivity (Wildman–Crippen MR) is 86.8 cm³/mol. The predicted octanol–water partition coefficient (Wildman–Crippen LogP) is 2.05. The van der Waals surface area contributed by atoms with E-state index >= 15 is 0 Å². The van der Waals surface area contributed by atoms with Crippen LogP contribution in [0, 0.1) is 12.8 Å². The van der Waals surface area contributed by atoms with Gasteiger partial charge in [-0.1, -0.05) is 6.92 Å². The lowest BCUT2D eigenvalue weighted by Gasteiger charge is -2.28. The molecule has 124 valence electrons. The summed E-state index contributed by atoms with van der Waals surface area (Å²) in [5.41, 5.74) is 1.84. The molecule has 0 spiro atoms. The molecule has 1 aliphatic heterocycles. The number of benzene rings is 1. The van der Waals surface area contributed by atoms with Crippen molar-refractivity contribution in [1.82, 2.24) is 0 Å². The number of ether oxygens (including phenoxy) is 1. The van der Waals surface area contributed by atoms with E-state index in [1.807, 2.05) is 0 Å². The van der Waals surface area contributed by atoms with Crippen LogP contribution in [0.25, 0.3) is 11.0 Å². The quantitative estimate of drug-likeness (QED) is 0.850. The van der Waals surface area contributed by atoms with Crippen LogP contribution < -0.4 is 4.90 Å². The number of fused-ring (bicyclic) bond motifs is 1. The number of esters is 1. The molecule has 1 saturated heterocycles. The first-order valence-electron chi connectivity index (χ1n) is 8.17. The highest BCUT2D eigenvalue weighted by Crippen LogP contribution is 2.33. The summed E-state index contributed by atoms with van der Waals surface area (Å²) >= 11 is 0. The number of methoxy groups -OCH3 is 1. The molecule has 0 radical (unpaired) electrons. The molecule has 1 fully saturated rings. The summed E-state index contributed by atoms with van der Waals surface area (Å²) in [6.45, 7) is 6.88. The zero-order valence-electron chi connectivity index (χ0n) is 13.9. The van der Waals surface area contributed by atoms with Crippen molar-refractivity contribution in [2.24, 2.45) is 5.92 Å². The van der Waals surface area contributed by atoms with Crippen LogP contribution >= 0.6 is 0 Å². The van der Waals surface area contributed by atoms with Crippen molar-refractivity contribution in [3.8, 4) is 5.75 Å². The largest absolute Gasteiger partial charge is 0.507 e. The minimum absolute atomic E-state index is 0.217. The molecule has 3 rings (SSSR count). The van der Waals surface area contributed by atoms with E-state index in [-0.39, 0.29) is 5.75 Å². The molecule has 1 aliphatic rings. The highest BCUT2D eigenvalue weighted by atomic mass is 16.5. The molecule has 1 aromatic carbocycles. The van der Waals surface area contributed by atoms with Gasteiger partial charge in [0, 0.05) is 11.3 Å². The fourth-order valence-electron chi connectivity index (χ4n) is 3.70. The normalized spacial score (nSPS) is 21.5. The number of quaternary nitrogens is 1. The molecule has 23 heavy (non-hydrogen) atoms. The Bertz CT molecular complexity index is 734. The number of carbonyl (C=O) groups is 1. The van der Waals surface area contributed by atoms with Gasteiger partial charge in [0.1, 0.15) is 29.2 Å². The van der Waals surface area contributed by atoms with Gasteiger partial charge in [-0.25, -0.2) is 4.79 Å². The number of phenolic OH excluding ortho intramolecular Hbond substituents is 1. The number of nitrogens with one attached hydrogen (secondary N) is 1. The maximum absolute atomic E-state index is 12.1. The SMILES string of the molecule is COC(=O)c1c(C)oc2ccc(O)c(C[NH+]3CCC[C@@H](C)C3)c12. The Morgan fingerprint density at radius 1 is 1.48 bits per heavy atom. The second-order valence-electron chi connectivity index (χ2n) is 6.59. The van der Waals surface area contributed by atoms with Crippen LogP contribution in [0.15, 0.2) is 16.5 Å². The van der Waals surface area contributed by atoms with Gasteiger partial charge in [0.2, 0.25) is 0 Å². The lowest BCUT2D eigenvalue weighted by atomic mass is 9.98. The number of rotatable bonds is 3. The molecule has 2 atom stereocenters. The van der Waals surface area contributed by atoms with E-state index in [4.69, 9.17) is 9.15 Å². The molecule has 0 aliphatic carbocycles. The number of hydrogen-bond acceptors (Lipinski definition) is 4. The van der Waals surface area contributed by atoms with Crippen molar-refractivity contribution < 1.29 is 24.0 Å². The van der Waals surface area contributed by atoms with E-state index in [0.717, 1.165) is 18.7 Å². The molecular formula is C18H24NO4+. The van der Waals surface area contributed by atoms with Crippen molar-refractivity contribution in [2.75, 3.05) is 20.2 Å². The summed E-state index contributed by atoms with van der Waals surface area (Å²) in [5, 5.41) is 11.1. The van der Waals surface area contributed by atoms with Gasteiger partial charge in [0.25, 0.3) is 0 Å². The molecule has 0 saturated carbocycles. The van der Waals surface area contributed by atoms with Gasteiger partial charge >= 0.3 is 5.97 Å². The highest BCUT2D eigenvalue weighted by Gasteiger charge is 2.27. The zero-order valence-corrected chi connectivity index (χ0v) is 13.9. The third kappa shape index (κ3) is 2.93. The molecule has 1 aromatic heterocycles. The van der Waals surface area contributed by atoms with E-state index in [1.54, 1.807) is 19.1 Å². The van der Waals surface area contributed by atoms with E-state index in [1.165, 1.54) is 24.9 Å². The second-order valence-corrected chi connectivity index (χ2v) is 6.59. The minimum Gasteiger partial charge on any atom is -0.507 e. The first-order valence-corrected chi connectivity index (χ1v) is 8.17. The Morgan fingerprint density at radius 2 is 2.26 bits per heavy atom. The van der Waals surface area contributed by atoms with E-state index in [0.29, 0.717) is 34.8 Å². The fraction of sp³-hybridized carbons (Fsp3) is 0.500. The lowest BCUT2D eigenvalue weighted by Crippen LogP contribution is -3.12. The number of likely N-dealkylation sites (tertiary alicyclic amines) is 1. The van der Waals surface area contributed by atoms with Crippen molar-refractivity contribution >= 4 is 16.9 Å². The van der Waals surface area contributed by atoms with E-state index in [2.05, 4.69) is 6.92 Å². The molecule has 2 aromatic rings. The monoisotopic (exact) mass is 318 g/mol. The van der Waals surface area contributed by atoms with Gasteiger partial charge in [-0.15, -0.1) is 0 Å². The van der Waals surface area contributed by atoms with Crippen molar-refractivity contribution in [2.45, 2.75) is 33.2 Å². The van der Waals surface area contributed by atoms with Crippen molar-refractivity contribution in [3.63, 3.8) is 0 Å². The number of furan rings is 1. The van der Waals surface area contributed by atoms with Crippen molar-refractivity contribution in [1.29, 1.82) is 0 Å². The Kier molecular flexibility index (Phi) is 4.31. The summed E-state index contributed by atoms with van der Waals surface area (Å²) in [4.78, 5) is 13.6. The van der Waals surface area contributed by atoms with Gasteiger partial charge in [0.15, 0.2) is 0 Å². The summed E-state index contributed by atoms with van der Waals surface area (Å²) in [7, 11) is 1.36. The number of hydrogen-bond donors (Lipinski definition) is 2. The van der Waals surface area contributed by atoms with Crippen LogP contribution in [0.1, 0.15) is 41.4 Å².